The second-order valence-corrected chi connectivity index (χ2v) is 9.79. The van der Waals surface area contributed by atoms with Crippen LogP contribution in [0.4, 0.5) is 11.4 Å². The van der Waals surface area contributed by atoms with Crippen molar-refractivity contribution in [3.63, 3.8) is 0 Å². The van der Waals surface area contributed by atoms with Crippen molar-refractivity contribution in [3.8, 4) is 5.75 Å². The fourth-order valence-corrected chi connectivity index (χ4v) is 4.43. The average Bonchev–Trinajstić information content (AvgIpc) is 2.71. The molecule has 0 saturated carbocycles. The van der Waals surface area contributed by atoms with Crippen LogP contribution in [0.3, 0.4) is 0 Å². The second kappa shape index (κ2) is 10.3. The summed E-state index contributed by atoms with van der Waals surface area (Å²) in [4.78, 5) is 12.6. The number of nitrogens with one attached hydrogen (secondary N) is 1. The molecule has 32 heavy (non-hydrogen) atoms. The Morgan fingerprint density at radius 2 is 1.66 bits per heavy atom. The number of benzene rings is 3. The fourth-order valence-electron chi connectivity index (χ4n) is 3.04. The van der Waals surface area contributed by atoms with E-state index in [2.05, 4.69) is 5.32 Å². The number of nitrogens with zero attached hydrogens (tertiary/aromatic N) is 1. The van der Waals surface area contributed by atoms with Gasteiger partial charge in [0.25, 0.3) is 5.91 Å². The zero-order valence-corrected chi connectivity index (χ0v) is 19.8. The third-order valence-corrected chi connectivity index (χ3v) is 6.06. The summed E-state index contributed by atoms with van der Waals surface area (Å²) in [6, 6.07) is 18.4. The van der Waals surface area contributed by atoms with Gasteiger partial charge in [-0.15, -0.1) is 0 Å². The number of carbonyl (C=O) groups excluding carboxylic acids is 1. The molecule has 0 aliphatic heterocycles. The maximum Gasteiger partial charge on any atom is 0.255 e. The van der Waals surface area contributed by atoms with Crippen molar-refractivity contribution in [3.05, 3.63) is 87.9 Å². The molecule has 0 radical (unpaired) electrons. The van der Waals surface area contributed by atoms with Gasteiger partial charge in [0, 0.05) is 27.4 Å². The highest BCUT2D eigenvalue weighted by molar-refractivity contribution is 7.92. The smallest absolute Gasteiger partial charge is 0.255 e. The molecule has 0 atom stereocenters. The summed E-state index contributed by atoms with van der Waals surface area (Å²) in [6.45, 7) is 2.48. The minimum Gasteiger partial charge on any atom is -0.494 e. The Kier molecular flexibility index (Phi) is 7.66. The molecule has 0 saturated heterocycles. The lowest BCUT2D eigenvalue weighted by atomic mass is 10.1. The third kappa shape index (κ3) is 6.38. The predicted octanol–water partition coefficient (Wildman–Crippen LogP) is 5.61. The number of hydrogen-bond donors (Lipinski definition) is 1. The lowest BCUT2D eigenvalue weighted by molar-refractivity contribution is 0.102. The predicted molar refractivity (Wildman–Crippen MR) is 129 cm³/mol. The molecule has 0 aliphatic carbocycles. The normalized spacial score (nSPS) is 11.1. The molecule has 0 unspecified atom stereocenters. The number of amides is 1. The highest BCUT2D eigenvalue weighted by atomic mass is 35.5. The average molecular weight is 493 g/mol. The largest absolute Gasteiger partial charge is 0.494 e. The molecule has 168 valence electrons. The van der Waals surface area contributed by atoms with Gasteiger partial charge in [-0.3, -0.25) is 9.10 Å². The Morgan fingerprint density at radius 1 is 1.00 bits per heavy atom. The second-order valence-electron chi connectivity index (χ2n) is 7.01. The van der Waals surface area contributed by atoms with Crippen LogP contribution >= 0.6 is 23.2 Å². The van der Waals surface area contributed by atoms with E-state index in [1.165, 1.54) is 22.5 Å². The van der Waals surface area contributed by atoms with Gasteiger partial charge >= 0.3 is 0 Å². The minimum absolute atomic E-state index is 0.0633. The Bertz CT molecular complexity index is 1190. The van der Waals surface area contributed by atoms with Gasteiger partial charge in [-0.2, -0.15) is 0 Å². The summed E-state index contributed by atoms with van der Waals surface area (Å²) in [7, 11) is -3.60. The van der Waals surface area contributed by atoms with E-state index in [9.17, 15) is 13.2 Å². The lowest BCUT2D eigenvalue weighted by Gasteiger charge is -2.23. The first-order valence-corrected chi connectivity index (χ1v) is 12.3. The number of sulfonamides is 1. The van der Waals surface area contributed by atoms with Crippen LogP contribution in [0.2, 0.25) is 10.0 Å². The maximum absolute atomic E-state index is 12.6. The molecule has 9 heteroatoms. The van der Waals surface area contributed by atoms with Gasteiger partial charge in [-0.05, 0) is 55.0 Å². The van der Waals surface area contributed by atoms with Crippen LogP contribution in [0, 0.1) is 0 Å². The van der Waals surface area contributed by atoms with Crippen molar-refractivity contribution in [2.24, 2.45) is 0 Å². The van der Waals surface area contributed by atoms with Crippen LogP contribution in [0.15, 0.2) is 66.7 Å². The van der Waals surface area contributed by atoms with Crippen molar-refractivity contribution >= 4 is 50.5 Å². The standard InChI is InChI=1S/C23H22Cl2N2O4S/c1-3-31-22-6-4-5-20(14-22)26-23(28)17-9-7-16(8-10-17)15-27(32(2,29)30)21-12-18(24)11-19(25)13-21/h4-14H,3,15H2,1-2H3,(H,26,28). The number of ether oxygens (including phenoxy) is 1. The summed E-state index contributed by atoms with van der Waals surface area (Å²) < 4.78 is 31.4. The van der Waals surface area contributed by atoms with Crippen LogP contribution in [-0.4, -0.2) is 27.2 Å². The molecule has 1 N–H and O–H groups in total. The fraction of sp³-hybridized carbons (Fsp3) is 0.174. The minimum atomic E-state index is -3.60. The molecule has 3 aromatic rings. The van der Waals surface area contributed by atoms with Crippen LogP contribution in [-0.2, 0) is 16.6 Å². The van der Waals surface area contributed by atoms with Crippen molar-refractivity contribution in [2.45, 2.75) is 13.5 Å². The van der Waals surface area contributed by atoms with E-state index >= 15 is 0 Å². The van der Waals surface area contributed by atoms with Crippen molar-refractivity contribution < 1.29 is 17.9 Å². The molecule has 3 rings (SSSR count). The molecule has 0 aromatic heterocycles. The molecule has 0 bridgehead atoms. The molecule has 0 aliphatic rings. The number of anilines is 2. The van der Waals surface area contributed by atoms with Gasteiger partial charge in [0.05, 0.1) is 25.1 Å². The lowest BCUT2D eigenvalue weighted by Crippen LogP contribution is -2.29. The van der Waals surface area contributed by atoms with Crippen molar-refractivity contribution in [1.82, 2.24) is 0 Å². The quantitative estimate of drug-likeness (QED) is 0.443. The molecule has 6 nitrogen and oxygen atoms in total. The molecule has 0 spiro atoms. The van der Waals surface area contributed by atoms with Crippen LogP contribution < -0.4 is 14.4 Å². The first-order valence-electron chi connectivity index (χ1n) is 9.72. The number of rotatable bonds is 8. The van der Waals surface area contributed by atoms with Gasteiger partial charge in [-0.25, -0.2) is 8.42 Å². The number of hydrogen-bond acceptors (Lipinski definition) is 4. The van der Waals surface area contributed by atoms with Gasteiger partial charge in [0.15, 0.2) is 0 Å². The monoisotopic (exact) mass is 492 g/mol. The summed E-state index contributed by atoms with van der Waals surface area (Å²) >= 11 is 12.1. The zero-order valence-electron chi connectivity index (χ0n) is 17.5. The van der Waals surface area contributed by atoms with Gasteiger partial charge in [0.2, 0.25) is 10.0 Å². The number of halogens is 2. The van der Waals surface area contributed by atoms with E-state index in [4.69, 9.17) is 27.9 Å². The molecular weight excluding hydrogens is 471 g/mol. The summed E-state index contributed by atoms with van der Waals surface area (Å²) in [5, 5.41) is 3.49. The van der Waals surface area contributed by atoms with Crippen LogP contribution in [0.1, 0.15) is 22.8 Å². The molecule has 0 fully saturated rings. The van der Waals surface area contributed by atoms with Crippen molar-refractivity contribution in [1.29, 1.82) is 0 Å². The number of carbonyl (C=O) groups is 1. The first-order chi connectivity index (χ1) is 15.2. The van der Waals surface area contributed by atoms with E-state index in [0.717, 1.165) is 6.26 Å². The van der Waals surface area contributed by atoms with Gasteiger partial charge in [0.1, 0.15) is 5.75 Å². The Balaban J connectivity index is 1.76. The zero-order chi connectivity index (χ0) is 23.3. The molecule has 0 heterocycles. The van der Waals surface area contributed by atoms with E-state index < -0.39 is 10.0 Å². The molecular formula is C23H22Cl2N2O4S. The van der Waals surface area contributed by atoms with Gasteiger partial charge in [-0.1, -0.05) is 41.4 Å². The summed E-state index contributed by atoms with van der Waals surface area (Å²) in [6.07, 6.45) is 1.11. The van der Waals surface area contributed by atoms with E-state index in [0.29, 0.717) is 44.9 Å². The van der Waals surface area contributed by atoms with Crippen LogP contribution in [0.25, 0.3) is 0 Å². The van der Waals surface area contributed by atoms with E-state index in [1.807, 2.05) is 13.0 Å². The molecule has 1 amide bonds. The summed E-state index contributed by atoms with van der Waals surface area (Å²) in [5.74, 6) is 0.384. The highest BCUT2D eigenvalue weighted by Gasteiger charge is 2.19. The van der Waals surface area contributed by atoms with Crippen molar-refractivity contribution in [2.75, 3.05) is 22.5 Å². The Morgan fingerprint density at radius 3 is 2.25 bits per heavy atom. The van der Waals surface area contributed by atoms with Crippen LogP contribution in [0.5, 0.6) is 5.75 Å². The SMILES string of the molecule is CCOc1cccc(NC(=O)c2ccc(CN(c3cc(Cl)cc(Cl)c3)S(C)(=O)=O)cc2)c1. The molecule has 3 aromatic carbocycles. The highest BCUT2D eigenvalue weighted by Crippen LogP contribution is 2.28. The maximum atomic E-state index is 12.6. The Labute approximate surface area is 197 Å². The third-order valence-electron chi connectivity index (χ3n) is 4.48. The van der Waals surface area contributed by atoms with E-state index in [1.54, 1.807) is 42.5 Å². The summed E-state index contributed by atoms with van der Waals surface area (Å²) in [5.41, 5.74) is 2.11. The van der Waals surface area contributed by atoms with Gasteiger partial charge < -0.3 is 10.1 Å². The first kappa shape index (κ1) is 23.9. The topological polar surface area (TPSA) is 75.7 Å². The Hall–Kier alpha value is -2.74. The van der Waals surface area contributed by atoms with E-state index in [-0.39, 0.29) is 12.5 Å².